The minimum atomic E-state index is -4.42. The summed E-state index contributed by atoms with van der Waals surface area (Å²) in [6.45, 7) is 0. The second-order valence-electron chi connectivity index (χ2n) is 6.48. The first kappa shape index (κ1) is 20.1. The van der Waals surface area contributed by atoms with Crippen LogP contribution in [0.1, 0.15) is 5.56 Å². The number of aromatic nitrogens is 2. The molecule has 2 aromatic carbocycles. The second kappa shape index (κ2) is 7.90. The van der Waals surface area contributed by atoms with Gasteiger partial charge in [-0.1, -0.05) is 6.07 Å². The van der Waals surface area contributed by atoms with Gasteiger partial charge in [-0.2, -0.15) is 23.1 Å². The Bertz CT molecular complexity index is 1190. The molecule has 0 amide bonds. The van der Waals surface area contributed by atoms with Gasteiger partial charge in [0.2, 0.25) is 11.8 Å². The van der Waals surface area contributed by atoms with Crippen molar-refractivity contribution >= 4 is 23.3 Å². The van der Waals surface area contributed by atoms with Crippen LogP contribution in [0.25, 0.3) is 11.3 Å². The van der Waals surface area contributed by atoms with Crippen molar-refractivity contribution < 1.29 is 22.3 Å². The zero-order chi connectivity index (χ0) is 22.0. The highest BCUT2D eigenvalue weighted by molar-refractivity contribution is 5.64. The van der Waals surface area contributed by atoms with Crippen molar-refractivity contribution in [2.24, 2.45) is 0 Å². The molecule has 2 aromatic heterocycles. The molecule has 4 rings (SSSR count). The van der Waals surface area contributed by atoms with Crippen molar-refractivity contribution in [1.29, 1.82) is 0 Å². The summed E-state index contributed by atoms with van der Waals surface area (Å²) in [7, 11) is 0. The van der Waals surface area contributed by atoms with Gasteiger partial charge < -0.3 is 25.9 Å². The maximum Gasteiger partial charge on any atom is 0.416 e. The first-order valence-corrected chi connectivity index (χ1v) is 8.99. The summed E-state index contributed by atoms with van der Waals surface area (Å²) in [6, 6.07) is 16.6. The molecule has 0 radical (unpaired) electrons. The van der Waals surface area contributed by atoms with Crippen LogP contribution in [-0.2, 0) is 6.18 Å². The third-order valence-electron chi connectivity index (χ3n) is 4.16. The van der Waals surface area contributed by atoms with Gasteiger partial charge in [0.1, 0.15) is 17.3 Å². The van der Waals surface area contributed by atoms with Crippen molar-refractivity contribution in [1.82, 2.24) is 9.97 Å². The van der Waals surface area contributed by atoms with Crippen molar-refractivity contribution in [2.45, 2.75) is 6.18 Å². The molecule has 0 saturated heterocycles. The number of hydrogen-bond donors (Lipinski definition) is 3. The Balaban J connectivity index is 1.47. The lowest BCUT2D eigenvalue weighted by Gasteiger charge is -2.09. The largest absolute Gasteiger partial charge is 0.440 e. The van der Waals surface area contributed by atoms with E-state index in [1.165, 1.54) is 18.2 Å². The van der Waals surface area contributed by atoms with Crippen LogP contribution in [0.5, 0.6) is 11.6 Å². The van der Waals surface area contributed by atoms with E-state index < -0.39 is 11.7 Å². The number of benzene rings is 2. The van der Waals surface area contributed by atoms with E-state index >= 15 is 0 Å². The second-order valence-corrected chi connectivity index (χ2v) is 6.48. The average Bonchev–Trinajstić information content (AvgIpc) is 3.16. The van der Waals surface area contributed by atoms with Gasteiger partial charge in [0.15, 0.2) is 5.88 Å². The number of nitrogen functional groups attached to an aromatic ring is 2. The molecule has 0 unspecified atom stereocenters. The van der Waals surface area contributed by atoms with E-state index in [1.807, 2.05) is 0 Å². The number of ether oxygens (including phenoxy) is 1. The molecule has 0 saturated carbocycles. The first-order chi connectivity index (χ1) is 14.8. The summed E-state index contributed by atoms with van der Waals surface area (Å²) < 4.78 is 49.9. The topological polar surface area (TPSA) is 112 Å². The predicted octanol–water partition coefficient (Wildman–Crippen LogP) is 5.46. The number of nitrogens with zero attached hydrogens (tertiary/aromatic N) is 2. The van der Waals surface area contributed by atoms with Crippen LogP contribution in [0.2, 0.25) is 0 Å². The van der Waals surface area contributed by atoms with Gasteiger partial charge in [0.25, 0.3) is 0 Å². The van der Waals surface area contributed by atoms with Gasteiger partial charge in [0, 0.05) is 23.4 Å². The van der Waals surface area contributed by atoms with E-state index in [9.17, 15) is 13.2 Å². The van der Waals surface area contributed by atoms with E-state index in [-0.39, 0.29) is 23.3 Å². The Morgan fingerprint density at radius 3 is 2.39 bits per heavy atom. The summed E-state index contributed by atoms with van der Waals surface area (Å²) in [5.74, 6) is 1.73. The van der Waals surface area contributed by atoms with Gasteiger partial charge >= 0.3 is 6.18 Å². The fraction of sp³-hybridized carbons (Fsp3) is 0.0476. The molecule has 0 aliphatic carbocycles. The molecule has 10 heteroatoms. The van der Waals surface area contributed by atoms with Crippen molar-refractivity contribution in [3.8, 4) is 23.0 Å². The molecule has 0 fully saturated rings. The Labute approximate surface area is 174 Å². The van der Waals surface area contributed by atoms with E-state index in [1.54, 1.807) is 36.4 Å². The van der Waals surface area contributed by atoms with Gasteiger partial charge in [0.05, 0.1) is 5.56 Å². The van der Waals surface area contributed by atoms with Crippen molar-refractivity contribution in [3.05, 3.63) is 72.3 Å². The van der Waals surface area contributed by atoms with E-state index in [0.717, 1.165) is 17.7 Å². The smallest absolute Gasteiger partial charge is 0.416 e. The molecule has 158 valence electrons. The van der Waals surface area contributed by atoms with E-state index in [2.05, 4.69) is 15.3 Å². The number of nitrogens with one attached hydrogen (secondary N) is 1. The highest BCUT2D eigenvalue weighted by Gasteiger charge is 2.30. The zero-order valence-corrected chi connectivity index (χ0v) is 15.9. The molecule has 31 heavy (non-hydrogen) atoms. The lowest BCUT2D eigenvalue weighted by Crippen LogP contribution is -2.05. The Hall–Kier alpha value is -4.21. The van der Waals surface area contributed by atoms with Gasteiger partial charge in [-0.05, 0) is 48.5 Å². The standard InChI is InChI=1S/C21H16F3N5O2/c22-21(23,24)13-2-1-3-14(10-13)27-18-9-8-16(31-18)12-4-6-15(7-5-12)30-19-11-17(25)28-20(26)29-19/h1-11,27H,(H4,25,26,28,29). The molecular formula is C21H16F3N5O2. The summed E-state index contributed by atoms with van der Waals surface area (Å²) in [6.07, 6.45) is -4.42. The number of anilines is 4. The summed E-state index contributed by atoms with van der Waals surface area (Å²) in [5.41, 5.74) is 11.4. The Morgan fingerprint density at radius 1 is 0.903 bits per heavy atom. The fourth-order valence-electron chi connectivity index (χ4n) is 2.80. The first-order valence-electron chi connectivity index (χ1n) is 8.99. The number of furan rings is 1. The number of nitrogens with two attached hydrogens (primary N) is 2. The van der Waals surface area contributed by atoms with Crippen molar-refractivity contribution in [3.63, 3.8) is 0 Å². The van der Waals surface area contributed by atoms with Gasteiger partial charge in [-0.15, -0.1) is 0 Å². The van der Waals surface area contributed by atoms with E-state index in [0.29, 0.717) is 17.4 Å². The molecule has 0 atom stereocenters. The minimum Gasteiger partial charge on any atom is -0.440 e. The van der Waals surface area contributed by atoms with Crippen LogP contribution < -0.4 is 21.5 Å². The molecule has 0 spiro atoms. The molecule has 0 aliphatic heterocycles. The molecule has 2 heterocycles. The Morgan fingerprint density at radius 2 is 1.68 bits per heavy atom. The van der Waals surface area contributed by atoms with Crippen LogP contribution in [0, 0.1) is 0 Å². The SMILES string of the molecule is Nc1cc(Oc2ccc(-c3ccc(Nc4cccc(C(F)(F)F)c4)o3)cc2)nc(N)n1. The van der Waals surface area contributed by atoms with Crippen LogP contribution in [0.3, 0.4) is 0 Å². The van der Waals surface area contributed by atoms with Crippen LogP contribution in [-0.4, -0.2) is 9.97 Å². The maximum atomic E-state index is 12.9. The number of hydrogen-bond acceptors (Lipinski definition) is 7. The van der Waals surface area contributed by atoms with Crippen LogP contribution in [0.15, 0.2) is 71.1 Å². The Kier molecular flexibility index (Phi) is 5.12. The molecule has 0 aliphatic rings. The number of alkyl halides is 3. The lowest BCUT2D eigenvalue weighted by atomic mass is 10.2. The summed E-state index contributed by atoms with van der Waals surface area (Å²) in [4.78, 5) is 7.71. The minimum absolute atomic E-state index is 0.00278. The van der Waals surface area contributed by atoms with Crippen molar-refractivity contribution in [2.75, 3.05) is 16.8 Å². The predicted molar refractivity (Wildman–Crippen MR) is 110 cm³/mol. The van der Waals surface area contributed by atoms with Crippen LogP contribution >= 0.6 is 0 Å². The zero-order valence-electron chi connectivity index (χ0n) is 15.9. The molecule has 5 N–H and O–H groups in total. The number of rotatable bonds is 5. The fourth-order valence-corrected chi connectivity index (χ4v) is 2.80. The monoisotopic (exact) mass is 427 g/mol. The average molecular weight is 427 g/mol. The molecule has 0 bridgehead atoms. The highest BCUT2D eigenvalue weighted by Crippen LogP contribution is 2.33. The maximum absolute atomic E-state index is 12.9. The quantitative estimate of drug-likeness (QED) is 0.388. The normalized spacial score (nSPS) is 11.3. The van der Waals surface area contributed by atoms with Crippen LogP contribution in [0.4, 0.5) is 36.5 Å². The third-order valence-corrected chi connectivity index (χ3v) is 4.16. The van der Waals surface area contributed by atoms with Gasteiger partial charge in [-0.25, -0.2) is 0 Å². The summed E-state index contributed by atoms with van der Waals surface area (Å²) >= 11 is 0. The summed E-state index contributed by atoms with van der Waals surface area (Å²) in [5, 5.41) is 2.83. The highest BCUT2D eigenvalue weighted by atomic mass is 19.4. The molecule has 7 nitrogen and oxygen atoms in total. The van der Waals surface area contributed by atoms with Gasteiger partial charge in [-0.3, -0.25) is 0 Å². The number of halogens is 3. The lowest BCUT2D eigenvalue weighted by molar-refractivity contribution is -0.137. The third kappa shape index (κ3) is 4.86. The molecule has 4 aromatic rings. The molecular weight excluding hydrogens is 411 g/mol. The van der Waals surface area contributed by atoms with E-state index in [4.69, 9.17) is 20.6 Å².